The predicted octanol–water partition coefficient (Wildman–Crippen LogP) is 3.32. The standard InChI is InChI=1S/C13H19NS/c14-9-11-5-1-2-6-12(11)10-15-13-7-3-4-8-13/h1-2,5-6,13H,3-4,7-10,14H2. The molecule has 15 heavy (non-hydrogen) atoms. The van der Waals surface area contributed by atoms with Crippen molar-refractivity contribution in [3.63, 3.8) is 0 Å². The van der Waals surface area contributed by atoms with Crippen molar-refractivity contribution >= 4 is 11.8 Å². The number of benzene rings is 1. The Morgan fingerprint density at radius 1 is 1.13 bits per heavy atom. The second-order valence-corrected chi connectivity index (χ2v) is 5.48. The Bertz CT molecular complexity index is 305. The first-order chi connectivity index (χ1) is 7.40. The van der Waals surface area contributed by atoms with Gasteiger partial charge in [-0.1, -0.05) is 37.1 Å². The Morgan fingerprint density at radius 2 is 1.80 bits per heavy atom. The van der Waals surface area contributed by atoms with E-state index in [2.05, 4.69) is 36.0 Å². The van der Waals surface area contributed by atoms with E-state index >= 15 is 0 Å². The fourth-order valence-corrected chi connectivity index (χ4v) is 3.52. The summed E-state index contributed by atoms with van der Waals surface area (Å²) < 4.78 is 0. The van der Waals surface area contributed by atoms with Gasteiger partial charge in [-0.25, -0.2) is 0 Å². The molecule has 0 spiro atoms. The molecule has 0 unspecified atom stereocenters. The van der Waals surface area contributed by atoms with Gasteiger partial charge in [-0.15, -0.1) is 0 Å². The van der Waals surface area contributed by atoms with Gasteiger partial charge in [0.25, 0.3) is 0 Å². The van der Waals surface area contributed by atoms with Crippen LogP contribution in [-0.2, 0) is 12.3 Å². The third-order valence-electron chi connectivity index (χ3n) is 3.12. The first-order valence-electron chi connectivity index (χ1n) is 5.78. The summed E-state index contributed by atoms with van der Waals surface area (Å²) in [6.07, 6.45) is 5.68. The van der Waals surface area contributed by atoms with Crippen LogP contribution in [0, 0.1) is 0 Å². The van der Waals surface area contributed by atoms with E-state index in [1.807, 2.05) is 0 Å². The lowest BCUT2D eigenvalue weighted by molar-refractivity contribution is 0.886. The molecular weight excluding hydrogens is 202 g/mol. The van der Waals surface area contributed by atoms with Crippen LogP contribution in [0.4, 0.5) is 0 Å². The second kappa shape index (κ2) is 5.57. The molecule has 2 N–H and O–H groups in total. The van der Waals surface area contributed by atoms with Crippen molar-refractivity contribution < 1.29 is 0 Å². The van der Waals surface area contributed by atoms with Crippen molar-refractivity contribution in [1.29, 1.82) is 0 Å². The molecule has 1 nitrogen and oxygen atoms in total. The smallest absolute Gasteiger partial charge is 0.0190 e. The molecule has 1 fully saturated rings. The van der Waals surface area contributed by atoms with E-state index in [0.717, 1.165) is 11.0 Å². The summed E-state index contributed by atoms with van der Waals surface area (Å²) in [5.41, 5.74) is 8.46. The van der Waals surface area contributed by atoms with E-state index in [-0.39, 0.29) is 0 Å². The third-order valence-corrected chi connectivity index (χ3v) is 4.54. The average molecular weight is 221 g/mol. The van der Waals surface area contributed by atoms with Gasteiger partial charge >= 0.3 is 0 Å². The van der Waals surface area contributed by atoms with E-state index in [9.17, 15) is 0 Å². The van der Waals surface area contributed by atoms with Crippen LogP contribution in [-0.4, -0.2) is 5.25 Å². The Balaban J connectivity index is 1.91. The van der Waals surface area contributed by atoms with Crippen LogP contribution in [0.1, 0.15) is 36.8 Å². The largest absolute Gasteiger partial charge is 0.326 e. The van der Waals surface area contributed by atoms with Gasteiger partial charge in [-0.3, -0.25) is 0 Å². The van der Waals surface area contributed by atoms with Crippen LogP contribution in [0.3, 0.4) is 0 Å². The molecule has 1 aromatic rings. The van der Waals surface area contributed by atoms with Crippen LogP contribution in [0.2, 0.25) is 0 Å². The van der Waals surface area contributed by atoms with Gasteiger partial charge in [0.05, 0.1) is 0 Å². The van der Waals surface area contributed by atoms with Crippen LogP contribution >= 0.6 is 11.8 Å². The van der Waals surface area contributed by atoms with Crippen LogP contribution in [0.25, 0.3) is 0 Å². The molecule has 1 aliphatic carbocycles. The Labute approximate surface area is 96.4 Å². The van der Waals surface area contributed by atoms with Crippen LogP contribution in [0.15, 0.2) is 24.3 Å². The van der Waals surface area contributed by atoms with Gasteiger partial charge in [0.15, 0.2) is 0 Å². The second-order valence-electron chi connectivity index (χ2n) is 4.19. The first kappa shape index (κ1) is 11.0. The Morgan fingerprint density at radius 3 is 2.47 bits per heavy atom. The Kier molecular flexibility index (Phi) is 4.09. The van der Waals surface area contributed by atoms with Gasteiger partial charge in [-0.2, -0.15) is 11.8 Å². The highest BCUT2D eigenvalue weighted by molar-refractivity contribution is 7.99. The van der Waals surface area contributed by atoms with E-state index in [1.165, 1.54) is 36.8 Å². The molecule has 0 aliphatic heterocycles. The van der Waals surface area contributed by atoms with Crippen LogP contribution in [0.5, 0.6) is 0 Å². The summed E-state index contributed by atoms with van der Waals surface area (Å²) in [5.74, 6) is 1.14. The molecule has 2 heteroatoms. The normalized spacial score (nSPS) is 17.1. The lowest BCUT2D eigenvalue weighted by atomic mass is 10.1. The lowest BCUT2D eigenvalue weighted by Crippen LogP contribution is -2.02. The predicted molar refractivity (Wildman–Crippen MR) is 67.9 cm³/mol. The van der Waals surface area contributed by atoms with Crippen molar-refractivity contribution in [2.24, 2.45) is 5.73 Å². The van der Waals surface area contributed by atoms with Crippen molar-refractivity contribution in [2.45, 2.75) is 43.2 Å². The maximum atomic E-state index is 5.73. The monoisotopic (exact) mass is 221 g/mol. The summed E-state index contributed by atoms with van der Waals surface area (Å²) in [5, 5.41) is 0.899. The summed E-state index contributed by atoms with van der Waals surface area (Å²) in [4.78, 5) is 0. The molecule has 1 aliphatic rings. The molecule has 0 radical (unpaired) electrons. The van der Waals surface area contributed by atoms with Gasteiger partial charge in [0.2, 0.25) is 0 Å². The highest BCUT2D eigenvalue weighted by Gasteiger charge is 2.15. The van der Waals surface area contributed by atoms with E-state index < -0.39 is 0 Å². The average Bonchev–Trinajstić information content (AvgIpc) is 2.79. The fourth-order valence-electron chi connectivity index (χ4n) is 2.16. The molecule has 0 aromatic heterocycles. The zero-order valence-electron chi connectivity index (χ0n) is 9.11. The number of rotatable bonds is 4. The molecule has 0 amide bonds. The molecule has 82 valence electrons. The van der Waals surface area contributed by atoms with Crippen molar-refractivity contribution in [2.75, 3.05) is 0 Å². The van der Waals surface area contributed by atoms with E-state index in [4.69, 9.17) is 5.73 Å². The summed E-state index contributed by atoms with van der Waals surface area (Å²) >= 11 is 2.11. The molecule has 0 bridgehead atoms. The molecule has 0 atom stereocenters. The maximum Gasteiger partial charge on any atom is 0.0190 e. The zero-order valence-corrected chi connectivity index (χ0v) is 9.93. The number of hydrogen-bond acceptors (Lipinski definition) is 2. The number of nitrogens with two attached hydrogens (primary N) is 1. The Hall–Kier alpha value is -0.470. The molecular formula is C13H19NS. The summed E-state index contributed by atoms with van der Waals surface area (Å²) in [7, 11) is 0. The number of hydrogen-bond donors (Lipinski definition) is 1. The highest BCUT2D eigenvalue weighted by atomic mass is 32.2. The minimum atomic E-state index is 0.668. The maximum absolute atomic E-state index is 5.73. The summed E-state index contributed by atoms with van der Waals surface area (Å²) in [6, 6.07) is 8.55. The third kappa shape index (κ3) is 2.99. The highest BCUT2D eigenvalue weighted by Crippen LogP contribution is 2.32. The molecule has 0 heterocycles. The van der Waals surface area contributed by atoms with Crippen molar-refractivity contribution in [3.05, 3.63) is 35.4 Å². The van der Waals surface area contributed by atoms with Crippen molar-refractivity contribution in [1.82, 2.24) is 0 Å². The summed E-state index contributed by atoms with van der Waals surface area (Å²) in [6.45, 7) is 0.668. The van der Waals surface area contributed by atoms with Crippen molar-refractivity contribution in [3.8, 4) is 0 Å². The van der Waals surface area contributed by atoms with Gasteiger partial charge in [0, 0.05) is 17.5 Å². The first-order valence-corrected chi connectivity index (χ1v) is 6.83. The minimum Gasteiger partial charge on any atom is -0.326 e. The number of thioether (sulfide) groups is 1. The lowest BCUT2D eigenvalue weighted by Gasteiger charge is -2.11. The fraction of sp³-hybridized carbons (Fsp3) is 0.538. The molecule has 1 saturated carbocycles. The minimum absolute atomic E-state index is 0.668. The SMILES string of the molecule is NCc1ccccc1CSC1CCCC1. The zero-order chi connectivity index (χ0) is 10.5. The topological polar surface area (TPSA) is 26.0 Å². The van der Waals surface area contributed by atoms with Gasteiger partial charge in [0.1, 0.15) is 0 Å². The molecule has 2 rings (SSSR count). The van der Waals surface area contributed by atoms with Gasteiger partial charge < -0.3 is 5.73 Å². The van der Waals surface area contributed by atoms with E-state index in [1.54, 1.807) is 0 Å². The molecule has 1 aromatic carbocycles. The van der Waals surface area contributed by atoms with E-state index in [0.29, 0.717) is 6.54 Å². The van der Waals surface area contributed by atoms with Gasteiger partial charge in [-0.05, 0) is 24.0 Å². The molecule has 0 saturated heterocycles. The van der Waals surface area contributed by atoms with Crippen LogP contribution < -0.4 is 5.73 Å². The quantitative estimate of drug-likeness (QED) is 0.844.